The number of methoxy groups -OCH3 is 2. The van der Waals surface area contributed by atoms with Crippen molar-refractivity contribution in [2.45, 2.75) is 4.58 Å². The molecular formula is C14H16N2O4S2. The zero-order chi connectivity index (χ0) is 16.3. The van der Waals surface area contributed by atoms with E-state index in [0.29, 0.717) is 16.7 Å². The number of hydrogen-bond donors (Lipinski definition) is 0. The number of nitro groups is 1. The number of thioether (sulfide) groups is 2. The van der Waals surface area contributed by atoms with E-state index in [1.807, 2.05) is 18.6 Å². The van der Waals surface area contributed by atoms with Gasteiger partial charge in [-0.15, -0.1) is 23.5 Å². The third kappa shape index (κ3) is 2.80. The van der Waals surface area contributed by atoms with Crippen molar-refractivity contribution in [2.75, 3.05) is 26.7 Å². The second-order valence-electron chi connectivity index (χ2n) is 4.32. The summed E-state index contributed by atoms with van der Waals surface area (Å²) in [6.07, 6.45) is 5.60. The Labute approximate surface area is 136 Å². The highest BCUT2D eigenvalue weighted by molar-refractivity contribution is 8.15. The molecule has 118 valence electrons. The number of pyridine rings is 1. The highest BCUT2D eigenvalue weighted by Gasteiger charge is 2.29. The van der Waals surface area contributed by atoms with Gasteiger partial charge in [0.25, 0.3) is 0 Å². The van der Waals surface area contributed by atoms with Crippen LogP contribution in [0.4, 0.5) is 5.69 Å². The number of fused-ring (bicyclic) bond motifs is 1. The molecule has 0 unspecified atom stereocenters. The van der Waals surface area contributed by atoms with E-state index in [9.17, 15) is 10.1 Å². The van der Waals surface area contributed by atoms with Crippen LogP contribution in [-0.4, -0.2) is 36.6 Å². The van der Waals surface area contributed by atoms with Crippen LogP contribution in [0.15, 0.2) is 18.3 Å². The topological polar surface area (TPSA) is 74.5 Å². The van der Waals surface area contributed by atoms with E-state index in [4.69, 9.17) is 9.47 Å². The minimum atomic E-state index is -0.438. The standard InChI is InChI=1S/C14H16N2O4S2/c1-19-10-7-9-11(12(16(17)18)13(10)20-2)8(5-6-15-9)14(21-3)22-4/h5-7,14H,1-4H3. The van der Waals surface area contributed by atoms with Crippen LogP contribution in [0.3, 0.4) is 0 Å². The fourth-order valence-electron chi connectivity index (χ4n) is 2.35. The summed E-state index contributed by atoms with van der Waals surface area (Å²) in [5.74, 6) is 0.423. The van der Waals surface area contributed by atoms with Crippen molar-refractivity contribution < 1.29 is 14.4 Å². The summed E-state index contributed by atoms with van der Waals surface area (Å²) in [5.41, 5.74) is 1.28. The first-order valence-corrected chi connectivity index (χ1v) is 8.90. The number of aromatic nitrogens is 1. The number of benzene rings is 1. The number of hydrogen-bond acceptors (Lipinski definition) is 7. The molecule has 0 radical (unpaired) electrons. The average Bonchev–Trinajstić information content (AvgIpc) is 2.53. The number of nitrogens with zero attached hydrogens (tertiary/aromatic N) is 2. The third-order valence-electron chi connectivity index (χ3n) is 3.24. The maximum absolute atomic E-state index is 11.6. The SMILES string of the molecule is COc1cc2nccc(C(SC)SC)c2c([N+](=O)[O-])c1OC. The van der Waals surface area contributed by atoms with Gasteiger partial charge in [-0.25, -0.2) is 0 Å². The van der Waals surface area contributed by atoms with Crippen molar-refractivity contribution in [3.8, 4) is 11.5 Å². The van der Waals surface area contributed by atoms with Gasteiger partial charge in [-0.2, -0.15) is 0 Å². The molecule has 6 nitrogen and oxygen atoms in total. The molecule has 0 spiro atoms. The normalized spacial score (nSPS) is 11.0. The van der Waals surface area contributed by atoms with E-state index in [1.165, 1.54) is 14.2 Å². The molecule has 0 aliphatic heterocycles. The molecule has 0 amide bonds. The maximum Gasteiger partial charge on any atom is 0.324 e. The predicted octanol–water partition coefficient (Wildman–Crippen LogP) is 3.88. The Balaban J connectivity index is 2.94. The molecule has 0 aliphatic rings. The van der Waals surface area contributed by atoms with Crippen molar-refractivity contribution in [1.29, 1.82) is 0 Å². The molecule has 0 saturated carbocycles. The Morgan fingerprint density at radius 3 is 2.45 bits per heavy atom. The fourth-order valence-corrected chi connectivity index (χ4v) is 4.02. The van der Waals surface area contributed by atoms with Gasteiger partial charge >= 0.3 is 5.69 Å². The van der Waals surface area contributed by atoms with Gasteiger partial charge < -0.3 is 9.47 Å². The van der Waals surface area contributed by atoms with Gasteiger partial charge in [0.2, 0.25) is 5.75 Å². The van der Waals surface area contributed by atoms with Gasteiger partial charge in [0, 0.05) is 12.3 Å². The van der Waals surface area contributed by atoms with E-state index in [-0.39, 0.29) is 16.0 Å². The molecule has 0 saturated heterocycles. The van der Waals surface area contributed by atoms with E-state index in [2.05, 4.69) is 4.98 Å². The lowest BCUT2D eigenvalue weighted by Crippen LogP contribution is -2.02. The highest BCUT2D eigenvalue weighted by Crippen LogP contribution is 2.48. The van der Waals surface area contributed by atoms with E-state index >= 15 is 0 Å². The lowest BCUT2D eigenvalue weighted by molar-refractivity contribution is -0.384. The van der Waals surface area contributed by atoms with Gasteiger partial charge in [0.1, 0.15) is 0 Å². The molecule has 0 atom stereocenters. The molecular weight excluding hydrogens is 324 g/mol. The molecule has 8 heteroatoms. The Bertz CT molecular complexity index is 705. The summed E-state index contributed by atoms with van der Waals surface area (Å²) in [6, 6.07) is 3.49. The third-order valence-corrected chi connectivity index (χ3v) is 5.76. The van der Waals surface area contributed by atoms with Crippen molar-refractivity contribution in [3.63, 3.8) is 0 Å². The van der Waals surface area contributed by atoms with Crippen LogP contribution in [0.25, 0.3) is 10.9 Å². The van der Waals surface area contributed by atoms with Crippen LogP contribution in [0.1, 0.15) is 10.1 Å². The molecule has 2 rings (SSSR count). The highest BCUT2D eigenvalue weighted by atomic mass is 32.2. The second kappa shape index (κ2) is 7.06. The summed E-state index contributed by atoms with van der Waals surface area (Å²) >= 11 is 3.24. The quantitative estimate of drug-likeness (QED) is 0.449. The van der Waals surface area contributed by atoms with Crippen LogP contribution in [0.5, 0.6) is 11.5 Å². The van der Waals surface area contributed by atoms with Crippen LogP contribution in [-0.2, 0) is 0 Å². The minimum Gasteiger partial charge on any atom is -0.493 e. The Hall–Kier alpha value is -1.67. The minimum absolute atomic E-state index is 0.0716. The number of ether oxygens (including phenoxy) is 2. The summed E-state index contributed by atoms with van der Waals surface area (Å²) in [7, 11) is 2.84. The molecule has 1 aromatic heterocycles. The largest absolute Gasteiger partial charge is 0.493 e. The molecule has 0 bridgehead atoms. The molecule has 0 N–H and O–H groups in total. The van der Waals surface area contributed by atoms with E-state index in [1.54, 1.807) is 35.8 Å². The lowest BCUT2D eigenvalue weighted by atomic mass is 10.1. The summed E-state index contributed by atoms with van der Waals surface area (Å²) < 4.78 is 10.5. The van der Waals surface area contributed by atoms with Crippen molar-refractivity contribution in [1.82, 2.24) is 4.98 Å². The van der Waals surface area contributed by atoms with Crippen molar-refractivity contribution in [2.24, 2.45) is 0 Å². The smallest absolute Gasteiger partial charge is 0.324 e. The fraction of sp³-hybridized carbons (Fsp3) is 0.357. The Morgan fingerprint density at radius 1 is 1.27 bits per heavy atom. The van der Waals surface area contributed by atoms with Crippen molar-refractivity contribution in [3.05, 3.63) is 34.0 Å². The van der Waals surface area contributed by atoms with Crippen LogP contribution in [0, 0.1) is 10.1 Å². The molecule has 1 heterocycles. The maximum atomic E-state index is 11.6. The first-order chi connectivity index (χ1) is 10.6. The summed E-state index contributed by atoms with van der Waals surface area (Å²) in [5, 5.41) is 12.1. The second-order valence-corrected chi connectivity index (χ2v) is 6.50. The first kappa shape index (κ1) is 16.7. The Morgan fingerprint density at radius 2 is 1.95 bits per heavy atom. The lowest BCUT2D eigenvalue weighted by Gasteiger charge is -2.16. The Kier molecular flexibility index (Phi) is 5.36. The molecule has 0 aliphatic carbocycles. The molecule has 1 aromatic carbocycles. The van der Waals surface area contributed by atoms with Crippen LogP contribution < -0.4 is 9.47 Å². The number of rotatable bonds is 6. The van der Waals surface area contributed by atoms with Gasteiger partial charge in [-0.1, -0.05) is 0 Å². The predicted molar refractivity (Wildman–Crippen MR) is 91.3 cm³/mol. The van der Waals surface area contributed by atoms with E-state index in [0.717, 1.165) is 5.56 Å². The van der Waals surface area contributed by atoms with Gasteiger partial charge in [0.15, 0.2) is 5.75 Å². The van der Waals surface area contributed by atoms with Crippen molar-refractivity contribution >= 4 is 40.1 Å². The first-order valence-electron chi connectivity index (χ1n) is 6.32. The molecule has 22 heavy (non-hydrogen) atoms. The zero-order valence-electron chi connectivity index (χ0n) is 12.7. The van der Waals surface area contributed by atoms with Crippen LogP contribution in [0.2, 0.25) is 0 Å². The van der Waals surface area contributed by atoms with Gasteiger partial charge in [0.05, 0.1) is 34.6 Å². The van der Waals surface area contributed by atoms with Crippen LogP contribution >= 0.6 is 23.5 Å². The number of nitro benzene ring substituents is 1. The monoisotopic (exact) mass is 340 g/mol. The molecule has 0 fully saturated rings. The average molecular weight is 340 g/mol. The van der Waals surface area contributed by atoms with Gasteiger partial charge in [-0.05, 0) is 24.1 Å². The van der Waals surface area contributed by atoms with Gasteiger partial charge in [-0.3, -0.25) is 15.1 Å². The summed E-state index contributed by atoms with van der Waals surface area (Å²) in [6.45, 7) is 0. The zero-order valence-corrected chi connectivity index (χ0v) is 14.3. The summed E-state index contributed by atoms with van der Waals surface area (Å²) in [4.78, 5) is 15.5. The molecule has 2 aromatic rings. The van der Waals surface area contributed by atoms with E-state index < -0.39 is 4.92 Å².